The zero-order valence-corrected chi connectivity index (χ0v) is 16.9. The average Bonchev–Trinajstić information content (AvgIpc) is 3.44. The van der Waals surface area contributed by atoms with Gasteiger partial charge in [-0.15, -0.1) is 0 Å². The molecule has 5 rings (SSSR count). The molecule has 0 radical (unpaired) electrons. The van der Waals surface area contributed by atoms with Crippen LogP contribution in [0.2, 0.25) is 0 Å². The van der Waals surface area contributed by atoms with Gasteiger partial charge < -0.3 is 14.3 Å². The van der Waals surface area contributed by atoms with Crippen LogP contribution in [0.25, 0.3) is 22.5 Å². The van der Waals surface area contributed by atoms with Crippen molar-refractivity contribution in [2.45, 2.75) is 31.1 Å². The lowest BCUT2D eigenvalue weighted by Crippen LogP contribution is -2.30. The van der Waals surface area contributed by atoms with Crippen LogP contribution >= 0.6 is 11.8 Å². The third-order valence-electron chi connectivity index (χ3n) is 4.93. The maximum atomic E-state index is 12.4. The van der Waals surface area contributed by atoms with Crippen LogP contribution in [0.15, 0.2) is 61.4 Å². The Morgan fingerprint density at radius 1 is 1.27 bits per heavy atom. The standard InChI is InChI=1S/C21H18N4O4S/c1-12-6-20(27)25-15(11-30-21(25)23-12)9-19(26)22-10-14-8-18(29-24-14)17-7-13-4-2-3-5-16(13)28-17/h2-8,15H,9-11H2,1H3,(H,22,26). The van der Waals surface area contributed by atoms with Gasteiger partial charge in [0.2, 0.25) is 11.7 Å². The largest absolute Gasteiger partial charge is 0.453 e. The number of rotatable bonds is 5. The molecule has 1 amide bonds. The number of nitrogens with one attached hydrogen (secondary N) is 1. The summed E-state index contributed by atoms with van der Waals surface area (Å²) in [6.45, 7) is 2.02. The van der Waals surface area contributed by atoms with E-state index >= 15 is 0 Å². The van der Waals surface area contributed by atoms with Crippen LogP contribution in [0.4, 0.5) is 0 Å². The van der Waals surface area contributed by atoms with E-state index in [4.69, 9.17) is 8.94 Å². The number of carbonyl (C=O) groups is 1. The number of para-hydroxylation sites is 1. The van der Waals surface area contributed by atoms with Gasteiger partial charge in [-0.3, -0.25) is 14.2 Å². The summed E-state index contributed by atoms with van der Waals surface area (Å²) in [5.41, 5.74) is 1.94. The molecule has 1 atom stereocenters. The Labute approximate surface area is 175 Å². The smallest absolute Gasteiger partial charge is 0.254 e. The summed E-state index contributed by atoms with van der Waals surface area (Å²) in [4.78, 5) is 29.0. The van der Waals surface area contributed by atoms with Gasteiger partial charge in [0.1, 0.15) is 11.3 Å². The van der Waals surface area contributed by atoms with E-state index < -0.39 is 0 Å². The van der Waals surface area contributed by atoms with Gasteiger partial charge in [-0.2, -0.15) is 0 Å². The number of aromatic nitrogens is 3. The van der Waals surface area contributed by atoms with E-state index in [1.807, 2.05) is 30.3 Å². The predicted octanol–water partition coefficient (Wildman–Crippen LogP) is 3.31. The fraction of sp³-hybridized carbons (Fsp3) is 0.238. The summed E-state index contributed by atoms with van der Waals surface area (Å²) in [6.07, 6.45) is 0.207. The Morgan fingerprint density at radius 2 is 2.13 bits per heavy atom. The van der Waals surface area contributed by atoms with Crippen LogP contribution in [0.3, 0.4) is 0 Å². The van der Waals surface area contributed by atoms with Gasteiger partial charge in [-0.05, 0) is 19.1 Å². The van der Waals surface area contributed by atoms with Gasteiger partial charge in [0, 0.05) is 35.4 Å². The summed E-state index contributed by atoms with van der Waals surface area (Å²) in [5, 5.41) is 8.50. The molecule has 4 aromatic rings. The van der Waals surface area contributed by atoms with Crippen LogP contribution in [0.5, 0.6) is 0 Å². The van der Waals surface area contributed by atoms with Crippen molar-refractivity contribution in [1.29, 1.82) is 0 Å². The highest BCUT2D eigenvalue weighted by Crippen LogP contribution is 2.32. The molecular formula is C21H18N4O4S. The highest BCUT2D eigenvalue weighted by Gasteiger charge is 2.27. The molecule has 0 aliphatic carbocycles. The Balaban J connectivity index is 1.23. The molecule has 1 aliphatic rings. The Hall–Kier alpha value is -3.33. The first kappa shape index (κ1) is 18.7. The molecule has 152 valence electrons. The lowest BCUT2D eigenvalue weighted by Gasteiger charge is -2.12. The number of thioether (sulfide) groups is 1. The fourth-order valence-corrected chi connectivity index (χ4v) is 4.70. The molecule has 0 bridgehead atoms. The Morgan fingerprint density at radius 3 is 3.00 bits per heavy atom. The minimum atomic E-state index is -0.200. The van der Waals surface area contributed by atoms with Gasteiger partial charge in [0.05, 0.1) is 12.6 Å². The zero-order valence-electron chi connectivity index (χ0n) is 16.1. The predicted molar refractivity (Wildman–Crippen MR) is 111 cm³/mol. The molecular weight excluding hydrogens is 404 g/mol. The van der Waals surface area contributed by atoms with Crippen molar-refractivity contribution in [3.8, 4) is 11.5 Å². The molecule has 30 heavy (non-hydrogen) atoms. The highest BCUT2D eigenvalue weighted by atomic mass is 32.2. The Kier molecular flexibility index (Phi) is 4.66. The van der Waals surface area contributed by atoms with Crippen molar-refractivity contribution in [3.63, 3.8) is 0 Å². The third kappa shape index (κ3) is 3.52. The number of carbonyl (C=O) groups excluding carboxylic acids is 1. The number of hydrogen-bond acceptors (Lipinski definition) is 7. The van der Waals surface area contributed by atoms with E-state index in [0.29, 0.717) is 33.8 Å². The molecule has 8 nitrogen and oxygen atoms in total. The third-order valence-corrected chi connectivity index (χ3v) is 6.03. The van der Waals surface area contributed by atoms with Crippen molar-refractivity contribution in [2.75, 3.05) is 5.75 Å². The first-order chi connectivity index (χ1) is 14.6. The molecule has 0 fully saturated rings. The van der Waals surface area contributed by atoms with E-state index in [2.05, 4.69) is 15.5 Å². The first-order valence-corrected chi connectivity index (χ1v) is 10.5. The summed E-state index contributed by atoms with van der Waals surface area (Å²) < 4.78 is 12.7. The fourth-order valence-electron chi connectivity index (χ4n) is 3.50. The van der Waals surface area contributed by atoms with Crippen molar-refractivity contribution in [3.05, 3.63) is 64.2 Å². The van der Waals surface area contributed by atoms with E-state index in [1.165, 1.54) is 17.8 Å². The summed E-state index contributed by atoms with van der Waals surface area (Å²) >= 11 is 1.50. The van der Waals surface area contributed by atoms with E-state index in [-0.39, 0.29) is 30.5 Å². The number of furan rings is 1. The number of aryl methyl sites for hydroxylation is 1. The molecule has 9 heteroatoms. The minimum Gasteiger partial charge on any atom is -0.453 e. The lowest BCUT2D eigenvalue weighted by molar-refractivity contribution is -0.121. The topological polar surface area (TPSA) is 103 Å². The van der Waals surface area contributed by atoms with Gasteiger partial charge in [-0.1, -0.05) is 35.1 Å². The van der Waals surface area contributed by atoms with Crippen LogP contribution in [-0.4, -0.2) is 26.4 Å². The molecule has 0 saturated heterocycles. The Bertz CT molecular complexity index is 1270. The maximum Gasteiger partial charge on any atom is 0.254 e. The van der Waals surface area contributed by atoms with Gasteiger partial charge in [0.15, 0.2) is 10.9 Å². The molecule has 3 aromatic heterocycles. The second-order valence-electron chi connectivity index (χ2n) is 7.16. The van der Waals surface area contributed by atoms with Crippen LogP contribution in [0.1, 0.15) is 23.9 Å². The van der Waals surface area contributed by atoms with Crippen LogP contribution < -0.4 is 10.9 Å². The second kappa shape index (κ2) is 7.49. The van der Waals surface area contributed by atoms with Crippen LogP contribution in [0, 0.1) is 6.92 Å². The number of benzene rings is 1. The molecule has 0 spiro atoms. The van der Waals surface area contributed by atoms with Gasteiger partial charge in [-0.25, -0.2) is 4.98 Å². The zero-order chi connectivity index (χ0) is 20.7. The first-order valence-electron chi connectivity index (χ1n) is 9.51. The lowest BCUT2D eigenvalue weighted by atomic mass is 10.2. The maximum absolute atomic E-state index is 12.4. The molecule has 1 unspecified atom stereocenters. The van der Waals surface area contributed by atoms with Gasteiger partial charge >= 0.3 is 0 Å². The molecule has 4 heterocycles. The summed E-state index contributed by atoms with van der Waals surface area (Å²) in [7, 11) is 0. The summed E-state index contributed by atoms with van der Waals surface area (Å²) in [6, 6.07) is 12.6. The molecule has 0 saturated carbocycles. The summed E-state index contributed by atoms with van der Waals surface area (Å²) in [5.74, 6) is 1.58. The second-order valence-corrected chi connectivity index (χ2v) is 8.15. The van der Waals surface area contributed by atoms with E-state index in [1.54, 1.807) is 17.6 Å². The number of amides is 1. The molecule has 1 aromatic carbocycles. The monoisotopic (exact) mass is 422 g/mol. The normalized spacial score (nSPS) is 15.4. The quantitative estimate of drug-likeness (QED) is 0.492. The van der Waals surface area contributed by atoms with E-state index in [0.717, 1.165) is 11.0 Å². The number of fused-ring (bicyclic) bond motifs is 2. The molecule has 1 N–H and O–H groups in total. The van der Waals surface area contributed by atoms with Gasteiger partial charge in [0.25, 0.3) is 5.56 Å². The van der Waals surface area contributed by atoms with E-state index in [9.17, 15) is 9.59 Å². The van der Waals surface area contributed by atoms with Crippen molar-refractivity contribution in [1.82, 2.24) is 20.0 Å². The molecule has 1 aliphatic heterocycles. The van der Waals surface area contributed by atoms with Crippen molar-refractivity contribution >= 4 is 28.6 Å². The number of hydrogen-bond donors (Lipinski definition) is 1. The SMILES string of the molecule is Cc1cc(=O)n2c(n1)SCC2CC(=O)NCc1cc(-c2cc3ccccc3o2)on1. The van der Waals surface area contributed by atoms with Crippen molar-refractivity contribution in [2.24, 2.45) is 0 Å². The highest BCUT2D eigenvalue weighted by molar-refractivity contribution is 7.99. The number of nitrogens with zero attached hydrogens (tertiary/aromatic N) is 3. The minimum absolute atomic E-state index is 0.118. The average molecular weight is 422 g/mol. The van der Waals surface area contributed by atoms with Crippen LogP contribution in [-0.2, 0) is 11.3 Å². The van der Waals surface area contributed by atoms with Crippen molar-refractivity contribution < 1.29 is 13.7 Å².